The van der Waals surface area contributed by atoms with Crippen LogP contribution in [0.15, 0.2) is 18.2 Å². The first-order valence-corrected chi connectivity index (χ1v) is 5.07. The lowest BCUT2D eigenvalue weighted by Crippen LogP contribution is -2.29. The number of rotatable bonds is 2. The second kappa shape index (κ2) is 3.96. The van der Waals surface area contributed by atoms with Gasteiger partial charge in [0.1, 0.15) is 11.7 Å². The minimum absolute atomic E-state index is 0.312. The van der Waals surface area contributed by atoms with Crippen molar-refractivity contribution in [3.05, 3.63) is 29.3 Å². The number of aliphatic carboxylic acids is 1. The smallest absolute Gasteiger partial charge is 0.314 e. The number of carboxylic acid groups (broad SMARTS) is 1. The molecule has 1 aromatic carbocycles. The molecular formula is C12H12O4. The van der Waals surface area contributed by atoms with E-state index in [1.807, 2.05) is 6.07 Å². The SMILES string of the molecule is COc1ccc2c(c1)C(=O)C(C(=O)O)CC2. The summed E-state index contributed by atoms with van der Waals surface area (Å²) in [5.41, 5.74) is 1.39. The number of methoxy groups -OCH3 is 1. The summed E-state index contributed by atoms with van der Waals surface area (Å²) in [5, 5.41) is 8.91. The third-order valence-electron chi connectivity index (χ3n) is 2.90. The van der Waals surface area contributed by atoms with Crippen molar-refractivity contribution in [2.45, 2.75) is 12.8 Å². The summed E-state index contributed by atoms with van der Waals surface area (Å²) < 4.78 is 5.02. The van der Waals surface area contributed by atoms with Gasteiger partial charge in [-0.2, -0.15) is 0 Å². The maximum atomic E-state index is 11.9. The number of carbonyl (C=O) groups is 2. The van der Waals surface area contributed by atoms with E-state index < -0.39 is 11.9 Å². The van der Waals surface area contributed by atoms with E-state index in [9.17, 15) is 9.59 Å². The highest BCUT2D eigenvalue weighted by molar-refractivity contribution is 6.10. The fourth-order valence-corrected chi connectivity index (χ4v) is 1.98. The maximum absolute atomic E-state index is 11.9. The third-order valence-corrected chi connectivity index (χ3v) is 2.90. The van der Waals surface area contributed by atoms with Crippen LogP contribution in [0.4, 0.5) is 0 Å². The molecule has 0 saturated carbocycles. The number of ketones is 1. The molecule has 1 aliphatic rings. The van der Waals surface area contributed by atoms with Gasteiger partial charge in [0.2, 0.25) is 0 Å². The van der Waals surface area contributed by atoms with E-state index in [0.717, 1.165) is 5.56 Å². The zero-order chi connectivity index (χ0) is 11.7. The van der Waals surface area contributed by atoms with E-state index in [2.05, 4.69) is 0 Å². The average Bonchev–Trinajstić information content (AvgIpc) is 2.28. The van der Waals surface area contributed by atoms with Crippen LogP contribution < -0.4 is 4.74 Å². The van der Waals surface area contributed by atoms with Gasteiger partial charge < -0.3 is 9.84 Å². The lowest BCUT2D eigenvalue weighted by Gasteiger charge is -2.20. The quantitative estimate of drug-likeness (QED) is 0.767. The maximum Gasteiger partial charge on any atom is 0.314 e. The molecule has 0 amide bonds. The van der Waals surface area contributed by atoms with Crippen molar-refractivity contribution in [2.24, 2.45) is 5.92 Å². The Bertz CT molecular complexity index is 450. The van der Waals surface area contributed by atoms with Crippen LogP contribution in [0, 0.1) is 5.92 Å². The Kier molecular flexibility index (Phi) is 2.64. The Morgan fingerprint density at radius 2 is 2.25 bits per heavy atom. The number of aryl methyl sites for hydroxylation is 1. The number of ether oxygens (including phenoxy) is 1. The van der Waals surface area contributed by atoms with Gasteiger partial charge in [-0.15, -0.1) is 0 Å². The van der Waals surface area contributed by atoms with Crippen molar-refractivity contribution >= 4 is 11.8 Å². The van der Waals surface area contributed by atoms with E-state index in [4.69, 9.17) is 9.84 Å². The second-order valence-electron chi connectivity index (χ2n) is 3.82. The van der Waals surface area contributed by atoms with Crippen molar-refractivity contribution < 1.29 is 19.4 Å². The Hall–Kier alpha value is -1.84. The first-order chi connectivity index (χ1) is 7.63. The molecule has 16 heavy (non-hydrogen) atoms. The molecule has 0 saturated heterocycles. The van der Waals surface area contributed by atoms with E-state index in [1.165, 1.54) is 7.11 Å². The van der Waals surface area contributed by atoms with E-state index in [-0.39, 0.29) is 5.78 Å². The molecule has 84 valence electrons. The van der Waals surface area contributed by atoms with Crippen LogP contribution in [0.25, 0.3) is 0 Å². The molecule has 0 heterocycles. The summed E-state index contributed by atoms with van der Waals surface area (Å²) in [6.07, 6.45) is 1.01. The molecule has 1 atom stereocenters. The fourth-order valence-electron chi connectivity index (χ4n) is 1.98. The lowest BCUT2D eigenvalue weighted by atomic mass is 9.83. The van der Waals surface area contributed by atoms with Gasteiger partial charge in [0.25, 0.3) is 0 Å². The summed E-state index contributed by atoms with van der Waals surface area (Å²) in [5.74, 6) is -1.68. The minimum atomic E-state index is -1.04. The first-order valence-electron chi connectivity index (χ1n) is 5.07. The van der Waals surface area contributed by atoms with Gasteiger partial charge in [-0.05, 0) is 30.5 Å². The van der Waals surface area contributed by atoms with Gasteiger partial charge in [0.15, 0.2) is 5.78 Å². The molecule has 4 nitrogen and oxygen atoms in total. The molecule has 0 spiro atoms. The monoisotopic (exact) mass is 220 g/mol. The van der Waals surface area contributed by atoms with Crippen LogP contribution in [0.1, 0.15) is 22.3 Å². The molecule has 1 N–H and O–H groups in total. The topological polar surface area (TPSA) is 63.6 Å². The van der Waals surface area contributed by atoms with Gasteiger partial charge in [0.05, 0.1) is 7.11 Å². The van der Waals surface area contributed by atoms with Crippen LogP contribution in [-0.2, 0) is 11.2 Å². The molecule has 0 fully saturated rings. The Morgan fingerprint density at radius 3 is 2.88 bits per heavy atom. The molecule has 0 aliphatic heterocycles. The highest BCUT2D eigenvalue weighted by Crippen LogP contribution is 2.28. The van der Waals surface area contributed by atoms with Crippen LogP contribution in [-0.4, -0.2) is 24.0 Å². The Morgan fingerprint density at radius 1 is 1.50 bits per heavy atom. The molecule has 4 heteroatoms. The summed E-state index contributed by atoms with van der Waals surface area (Å²) >= 11 is 0. The van der Waals surface area contributed by atoms with Crippen molar-refractivity contribution in [1.29, 1.82) is 0 Å². The molecule has 2 rings (SSSR count). The number of benzene rings is 1. The minimum Gasteiger partial charge on any atom is -0.497 e. The van der Waals surface area contributed by atoms with Crippen LogP contribution in [0.3, 0.4) is 0 Å². The van der Waals surface area contributed by atoms with Crippen molar-refractivity contribution in [2.75, 3.05) is 7.11 Å². The van der Waals surface area contributed by atoms with Crippen molar-refractivity contribution in [3.63, 3.8) is 0 Å². The zero-order valence-corrected chi connectivity index (χ0v) is 8.90. The normalized spacial score (nSPS) is 19.1. The van der Waals surface area contributed by atoms with Gasteiger partial charge in [-0.3, -0.25) is 9.59 Å². The molecule has 1 aliphatic carbocycles. The summed E-state index contributed by atoms with van der Waals surface area (Å²) in [7, 11) is 1.52. The van der Waals surface area contributed by atoms with Crippen molar-refractivity contribution in [1.82, 2.24) is 0 Å². The van der Waals surface area contributed by atoms with Crippen molar-refractivity contribution in [3.8, 4) is 5.75 Å². The lowest BCUT2D eigenvalue weighted by molar-refractivity contribution is -0.140. The molecule has 0 bridgehead atoms. The second-order valence-corrected chi connectivity index (χ2v) is 3.82. The number of fused-ring (bicyclic) bond motifs is 1. The number of Topliss-reactive ketones (excluding diaryl/α,β-unsaturated/α-hetero) is 1. The predicted molar refractivity (Wildman–Crippen MR) is 56.8 cm³/mol. The van der Waals surface area contributed by atoms with E-state index in [1.54, 1.807) is 12.1 Å². The number of hydrogen-bond acceptors (Lipinski definition) is 3. The number of carboxylic acids is 1. The molecule has 1 unspecified atom stereocenters. The standard InChI is InChI=1S/C12H12O4/c1-16-8-4-2-7-3-5-9(12(14)15)11(13)10(7)6-8/h2,4,6,9H,3,5H2,1H3,(H,14,15). The molecule has 0 aromatic heterocycles. The average molecular weight is 220 g/mol. The molecule has 1 aromatic rings. The highest BCUT2D eigenvalue weighted by Gasteiger charge is 2.32. The zero-order valence-electron chi connectivity index (χ0n) is 8.90. The van der Waals surface area contributed by atoms with Crippen LogP contribution in [0.2, 0.25) is 0 Å². The molecular weight excluding hydrogens is 208 g/mol. The highest BCUT2D eigenvalue weighted by atomic mass is 16.5. The largest absolute Gasteiger partial charge is 0.497 e. The van der Waals surface area contributed by atoms with E-state index >= 15 is 0 Å². The summed E-state index contributed by atoms with van der Waals surface area (Å²) in [6, 6.07) is 5.23. The van der Waals surface area contributed by atoms with Gasteiger partial charge in [-0.25, -0.2) is 0 Å². The van der Waals surface area contributed by atoms with Gasteiger partial charge in [0, 0.05) is 5.56 Å². The molecule has 0 radical (unpaired) electrons. The Labute approximate surface area is 92.8 Å². The Balaban J connectivity index is 2.42. The van der Waals surface area contributed by atoms with E-state index in [0.29, 0.717) is 24.2 Å². The predicted octanol–water partition coefficient (Wildman–Crippen LogP) is 1.52. The van der Waals surface area contributed by atoms with Gasteiger partial charge >= 0.3 is 5.97 Å². The number of hydrogen-bond donors (Lipinski definition) is 1. The number of carbonyl (C=O) groups excluding carboxylic acids is 1. The summed E-state index contributed by atoms with van der Waals surface area (Å²) in [4.78, 5) is 22.8. The van der Waals surface area contributed by atoms with Crippen LogP contribution >= 0.6 is 0 Å². The summed E-state index contributed by atoms with van der Waals surface area (Å²) in [6.45, 7) is 0. The fraction of sp³-hybridized carbons (Fsp3) is 0.333. The van der Waals surface area contributed by atoms with Crippen LogP contribution in [0.5, 0.6) is 5.75 Å². The van der Waals surface area contributed by atoms with Gasteiger partial charge in [-0.1, -0.05) is 6.07 Å². The first kappa shape index (κ1) is 10.7. The third kappa shape index (κ3) is 1.66.